The first-order chi connectivity index (χ1) is 9.68. The molecule has 20 heavy (non-hydrogen) atoms. The monoisotopic (exact) mass is 277 g/mol. The van der Waals surface area contributed by atoms with Gasteiger partial charge in [0.05, 0.1) is 12.7 Å². The Labute approximate surface area is 122 Å². The van der Waals surface area contributed by atoms with Crippen LogP contribution in [0.4, 0.5) is 0 Å². The summed E-state index contributed by atoms with van der Waals surface area (Å²) in [7, 11) is 0. The van der Waals surface area contributed by atoms with Crippen molar-refractivity contribution in [1.29, 1.82) is 0 Å². The average Bonchev–Trinajstić information content (AvgIpc) is 2.49. The van der Waals surface area contributed by atoms with Gasteiger partial charge < -0.3 is 9.84 Å². The zero-order valence-electron chi connectivity index (χ0n) is 12.7. The van der Waals surface area contributed by atoms with Crippen molar-refractivity contribution in [3.63, 3.8) is 0 Å². The average molecular weight is 277 g/mol. The van der Waals surface area contributed by atoms with Crippen molar-refractivity contribution in [2.24, 2.45) is 0 Å². The smallest absolute Gasteiger partial charge is 0.0702 e. The van der Waals surface area contributed by atoms with E-state index in [9.17, 15) is 5.11 Å². The second kappa shape index (κ2) is 7.21. The Bertz CT molecular complexity index is 393. The van der Waals surface area contributed by atoms with Gasteiger partial charge in [0.15, 0.2) is 0 Å². The Kier molecular flexibility index (Phi) is 5.58. The molecule has 1 aliphatic heterocycles. The number of likely N-dealkylation sites (tertiary alicyclic amines) is 1. The molecule has 0 radical (unpaired) electrons. The number of piperidine rings is 1. The van der Waals surface area contributed by atoms with Gasteiger partial charge in [-0.15, -0.1) is 0 Å². The maximum Gasteiger partial charge on any atom is 0.0702 e. The van der Waals surface area contributed by atoms with Crippen LogP contribution in [0.15, 0.2) is 30.3 Å². The summed E-state index contributed by atoms with van der Waals surface area (Å²) in [5, 5.41) is 9.88. The Morgan fingerprint density at radius 2 is 2.10 bits per heavy atom. The lowest BCUT2D eigenvalue weighted by molar-refractivity contribution is -0.00296. The zero-order valence-corrected chi connectivity index (χ0v) is 12.7. The van der Waals surface area contributed by atoms with Crippen LogP contribution in [0.1, 0.15) is 32.3 Å². The summed E-state index contributed by atoms with van der Waals surface area (Å²) in [5.74, 6) is 0. The van der Waals surface area contributed by atoms with E-state index in [1.54, 1.807) is 0 Å². The normalized spacial score (nSPS) is 23.4. The van der Waals surface area contributed by atoms with Crippen LogP contribution in [0.2, 0.25) is 0 Å². The molecule has 1 fully saturated rings. The highest BCUT2D eigenvalue weighted by atomic mass is 16.5. The topological polar surface area (TPSA) is 32.7 Å². The molecule has 2 rings (SSSR count). The number of benzene rings is 1. The third kappa shape index (κ3) is 3.81. The minimum absolute atomic E-state index is 0.173. The van der Waals surface area contributed by atoms with E-state index < -0.39 is 0 Å². The van der Waals surface area contributed by atoms with E-state index in [-0.39, 0.29) is 12.0 Å². The van der Waals surface area contributed by atoms with Crippen LogP contribution < -0.4 is 0 Å². The molecule has 2 atom stereocenters. The molecule has 1 heterocycles. The summed E-state index contributed by atoms with van der Waals surface area (Å²) in [6.07, 6.45) is 2.69. The molecule has 0 bridgehead atoms. The Morgan fingerprint density at radius 3 is 2.75 bits per heavy atom. The molecule has 0 saturated carbocycles. The Hall–Kier alpha value is -0.900. The lowest BCUT2D eigenvalue weighted by Gasteiger charge is -2.39. The molecule has 1 aromatic carbocycles. The van der Waals surface area contributed by atoms with Crippen LogP contribution in [0.5, 0.6) is 0 Å². The highest BCUT2D eigenvalue weighted by Crippen LogP contribution is 2.26. The van der Waals surface area contributed by atoms with E-state index in [0.717, 1.165) is 32.7 Å². The fourth-order valence-electron chi connectivity index (χ4n) is 3.10. The largest absolute Gasteiger partial charge is 0.395 e. The van der Waals surface area contributed by atoms with E-state index in [1.807, 2.05) is 18.2 Å². The molecule has 0 amide bonds. The summed E-state index contributed by atoms with van der Waals surface area (Å²) in [6, 6.07) is 10.3. The van der Waals surface area contributed by atoms with Crippen molar-refractivity contribution >= 4 is 0 Å². The van der Waals surface area contributed by atoms with Gasteiger partial charge in [0.2, 0.25) is 0 Å². The van der Waals surface area contributed by atoms with Crippen molar-refractivity contribution in [2.75, 3.05) is 32.8 Å². The van der Waals surface area contributed by atoms with Crippen molar-refractivity contribution in [3.8, 4) is 0 Å². The van der Waals surface area contributed by atoms with Crippen LogP contribution in [-0.4, -0.2) is 49.0 Å². The van der Waals surface area contributed by atoms with Gasteiger partial charge >= 0.3 is 0 Å². The fourth-order valence-corrected chi connectivity index (χ4v) is 3.10. The highest BCUT2D eigenvalue weighted by molar-refractivity contribution is 5.25. The van der Waals surface area contributed by atoms with E-state index in [4.69, 9.17) is 4.74 Å². The van der Waals surface area contributed by atoms with Gasteiger partial charge in [0.1, 0.15) is 0 Å². The predicted molar refractivity (Wildman–Crippen MR) is 82.0 cm³/mol. The molecular formula is C17H27NO2. The molecule has 112 valence electrons. The lowest BCUT2D eigenvalue weighted by Crippen LogP contribution is -2.47. The molecule has 0 aliphatic carbocycles. The predicted octanol–water partition coefficient (Wildman–Crippen LogP) is 2.44. The maximum atomic E-state index is 9.88. The third-order valence-electron chi connectivity index (χ3n) is 4.26. The van der Waals surface area contributed by atoms with E-state index in [2.05, 4.69) is 30.9 Å². The van der Waals surface area contributed by atoms with Gasteiger partial charge in [-0.05, 0) is 31.9 Å². The highest BCUT2D eigenvalue weighted by Gasteiger charge is 2.31. The Morgan fingerprint density at radius 1 is 1.35 bits per heavy atom. The molecule has 1 saturated heterocycles. The summed E-state index contributed by atoms with van der Waals surface area (Å²) in [5.41, 5.74) is 1.01. The first kappa shape index (κ1) is 15.5. The van der Waals surface area contributed by atoms with Gasteiger partial charge in [0.25, 0.3) is 0 Å². The summed E-state index contributed by atoms with van der Waals surface area (Å²) >= 11 is 0. The van der Waals surface area contributed by atoms with Crippen molar-refractivity contribution in [2.45, 2.75) is 38.2 Å². The number of hydrogen-bond donors (Lipinski definition) is 1. The van der Waals surface area contributed by atoms with Gasteiger partial charge in [0, 0.05) is 25.1 Å². The summed E-state index contributed by atoms with van der Waals surface area (Å²) < 4.78 is 5.76. The van der Waals surface area contributed by atoms with Crippen LogP contribution in [0.25, 0.3) is 0 Å². The number of aliphatic hydroxyl groups is 1. The number of aliphatic hydroxyl groups excluding tert-OH is 1. The lowest BCUT2D eigenvalue weighted by atomic mass is 9.82. The standard InChI is InChI=1S/C17H27NO2/c1-3-20-16-10-7-11-18(12-16)13-17(2,14-19)15-8-5-4-6-9-15/h4-6,8-9,16,19H,3,7,10-14H2,1-2H3. The molecular weight excluding hydrogens is 250 g/mol. The third-order valence-corrected chi connectivity index (χ3v) is 4.26. The van der Waals surface area contributed by atoms with Gasteiger partial charge in [-0.25, -0.2) is 0 Å². The molecule has 0 spiro atoms. The number of rotatable bonds is 6. The van der Waals surface area contributed by atoms with E-state index in [0.29, 0.717) is 6.10 Å². The van der Waals surface area contributed by atoms with Crippen LogP contribution >= 0.6 is 0 Å². The fraction of sp³-hybridized carbons (Fsp3) is 0.647. The number of ether oxygens (including phenoxy) is 1. The molecule has 2 unspecified atom stereocenters. The quantitative estimate of drug-likeness (QED) is 0.867. The number of hydrogen-bond acceptors (Lipinski definition) is 3. The zero-order chi connectivity index (χ0) is 14.4. The number of nitrogens with zero attached hydrogens (tertiary/aromatic N) is 1. The van der Waals surface area contributed by atoms with Gasteiger partial charge in [-0.2, -0.15) is 0 Å². The maximum absolute atomic E-state index is 9.88. The van der Waals surface area contributed by atoms with Gasteiger partial charge in [-0.1, -0.05) is 37.3 Å². The van der Waals surface area contributed by atoms with Crippen LogP contribution in [-0.2, 0) is 10.2 Å². The molecule has 0 aromatic heterocycles. The summed E-state index contributed by atoms with van der Waals surface area (Å²) in [6.45, 7) is 8.13. The van der Waals surface area contributed by atoms with Crippen molar-refractivity contribution in [3.05, 3.63) is 35.9 Å². The second-order valence-electron chi connectivity index (χ2n) is 6.04. The molecule has 1 aromatic rings. The van der Waals surface area contributed by atoms with Crippen molar-refractivity contribution in [1.82, 2.24) is 4.90 Å². The molecule has 3 heteroatoms. The molecule has 1 aliphatic rings. The van der Waals surface area contributed by atoms with Crippen LogP contribution in [0.3, 0.4) is 0 Å². The van der Waals surface area contributed by atoms with E-state index in [1.165, 1.54) is 12.0 Å². The first-order valence-corrected chi connectivity index (χ1v) is 7.68. The first-order valence-electron chi connectivity index (χ1n) is 7.68. The molecule has 1 N–H and O–H groups in total. The minimum Gasteiger partial charge on any atom is -0.395 e. The molecule has 3 nitrogen and oxygen atoms in total. The SMILES string of the molecule is CCOC1CCCN(CC(C)(CO)c2ccccc2)C1. The van der Waals surface area contributed by atoms with E-state index >= 15 is 0 Å². The van der Waals surface area contributed by atoms with Gasteiger partial charge in [-0.3, -0.25) is 4.90 Å². The minimum atomic E-state index is -0.199. The van der Waals surface area contributed by atoms with Crippen LogP contribution in [0, 0.1) is 0 Å². The van der Waals surface area contributed by atoms with Crippen molar-refractivity contribution < 1.29 is 9.84 Å². The Balaban J connectivity index is 2.02. The summed E-state index contributed by atoms with van der Waals surface area (Å²) in [4.78, 5) is 2.44. The second-order valence-corrected chi connectivity index (χ2v) is 6.04.